The van der Waals surface area contributed by atoms with E-state index in [-0.39, 0.29) is 0 Å². The van der Waals surface area contributed by atoms with Gasteiger partial charge in [-0.15, -0.1) is 0 Å². The Kier molecular flexibility index (Phi) is 6.61. The quantitative estimate of drug-likeness (QED) is 0.414. The summed E-state index contributed by atoms with van der Waals surface area (Å²) in [5, 5.41) is 2.17. The van der Waals surface area contributed by atoms with Gasteiger partial charge in [0, 0.05) is 36.6 Å². The van der Waals surface area contributed by atoms with E-state index in [2.05, 4.69) is 71.2 Å². The van der Waals surface area contributed by atoms with Crippen LogP contribution in [0.1, 0.15) is 22.3 Å². The van der Waals surface area contributed by atoms with Gasteiger partial charge in [-0.3, -0.25) is 9.88 Å². The molecule has 0 atom stereocenters. The number of morpholine rings is 1. The van der Waals surface area contributed by atoms with Crippen LogP contribution in [0.4, 0.5) is 5.82 Å². The van der Waals surface area contributed by atoms with Crippen LogP contribution in [0.5, 0.6) is 5.75 Å². The molecule has 0 aliphatic carbocycles. The van der Waals surface area contributed by atoms with Crippen molar-refractivity contribution in [2.45, 2.75) is 26.7 Å². The van der Waals surface area contributed by atoms with E-state index in [0.29, 0.717) is 12.4 Å². The van der Waals surface area contributed by atoms with Gasteiger partial charge in [0.25, 0.3) is 0 Å². The summed E-state index contributed by atoms with van der Waals surface area (Å²) in [6.07, 6.45) is 3.79. The minimum absolute atomic E-state index is 0.486. The van der Waals surface area contributed by atoms with Gasteiger partial charge in [0.15, 0.2) is 5.82 Å². The minimum Gasteiger partial charge on any atom is -0.492 e. The van der Waals surface area contributed by atoms with E-state index in [4.69, 9.17) is 15.2 Å². The number of fused-ring (bicyclic) bond motifs is 3. The number of aromatic nitrogens is 2. The molecule has 2 N–H and O–H groups in total. The second-order valence-electron chi connectivity index (χ2n) is 9.15. The molecule has 5 rings (SSSR count). The molecule has 1 saturated heterocycles. The van der Waals surface area contributed by atoms with Crippen molar-refractivity contribution in [1.82, 2.24) is 14.9 Å². The molecule has 6 nitrogen and oxygen atoms in total. The van der Waals surface area contributed by atoms with Crippen molar-refractivity contribution in [2.24, 2.45) is 0 Å². The molecule has 0 spiro atoms. The Morgan fingerprint density at radius 1 is 1.00 bits per heavy atom. The minimum atomic E-state index is 0.486. The highest BCUT2D eigenvalue weighted by Gasteiger charge is 2.11. The van der Waals surface area contributed by atoms with Gasteiger partial charge in [0.1, 0.15) is 17.9 Å². The SMILES string of the molecule is Cc1ccc2c(c1)nc(N)c1ncc(CCc3ccc(OCCN4CCOCC4)cc3C)cc12. The Labute approximate surface area is 200 Å². The first-order valence-electron chi connectivity index (χ1n) is 12.0. The second-order valence-corrected chi connectivity index (χ2v) is 9.15. The van der Waals surface area contributed by atoms with Gasteiger partial charge < -0.3 is 15.2 Å². The fourth-order valence-electron chi connectivity index (χ4n) is 4.63. The molecule has 34 heavy (non-hydrogen) atoms. The first-order valence-corrected chi connectivity index (χ1v) is 12.0. The lowest BCUT2D eigenvalue weighted by molar-refractivity contribution is 0.0322. The third-order valence-corrected chi connectivity index (χ3v) is 6.65. The molecule has 4 aromatic rings. The van der Waals surface area contributed by atoms with Crippen molar-refractivity contribution in [2.75, 3.05) is 45.2 Å². The fourth-order valence-corrected chi connectivity index (χ4v) is 4.63. The van der Waals surface area contributed by atoms with E-state index in [1.807, 2.05) is 6.20 Å². The van der Waals surface area contributed by atoms with Gasteiger partial charge in [-0.2, -0.15) is 0 Å². The summed E-state index contributed by atoms with van der Waals surface area (Å²) >= 11 is 0. The van der Waals surface area contributed by atoms with Crippen molar-refractivity contribution >= 4 is 27.6 Å². The number of nitrogens with two attached hydrogens (primary N) is 1. The average molecular weight is 457 g/mol. The van der Waals surface area contributed by atoms with Crippen LogP contribution < -0.4 is 10.5 Å². The highest BCUT2D eigenvalue weighted by Crippen LogP contribution is 2.28. The molecular weight excluding hydrogens is 424 g/mol. The molecule has 6 heteroatoms. The third kappa shape index (κ3) is 4.98. The highest BCUT2D eigenvalue weighted by molar-refractivity contribution is 6.08. The number of pyridine rings is 2. The largest absolute Gasteiger partial charge is 0.492 e. The number of ether oxygens (including phenoxy) is 2. The lowest BCUT2D eigenvalue weighted by atomic mass is 9.99. The maximum absolute atomic E-state index is 6.20. The van der Waals surface area contributed by atoms with Crippen molar-refractivity contribution in [3.05, 3.63) is 70.9 Å². The van der Waals surface area contributed by atoms with Crippen LogP contribution >= 0.6 is 0 Å². The zero-order valence-electron chi connectivity index (χ0n) is 20.0. The summed E-state index contributed by atoms with van der Waals surface area (Å²) in [4.78, 5) is 11.6. The van der Waals surface area contributed by atoms with Gasteiger partial charge >= 0.3 is 0 Å². The first-order chi connectivity index (χ1) is 16.6. The van der Waals surface area contributed by atoms with Crippen LogP contribution in [-0.4, -0.2) is 54.3 Å². The van der Waals surface area contributed by atoms with Crippen LogP contribution in [0.15, 0.2) is 48.7 Å². The van der Waals surface area contributed by atoms with Gasteiger partial charge in [-0.05, 0) is 73.2 Å². The maximum atomic E-state index is 6.20. The molecule has 3 heterocycles. The Bertz CT molecular complexity index is 1320. The predicted molar refractivity (Wildman–Crippen MR) is 138 cm³/mol. The van der Waals surface area contributed by atoms with E-state index < -0.39 is 0 Å². The van der Waals surface area contributed by atoms with Crippen LogP contribution in [0.25, 0.3) is 21.8 Å². The summed E-state index contributed by atoms with van der Waals surface area (Å²) < 4.78 is 11.4. The van der Waals surface area contributed by atoms with Gasteiger partial charge in [-0.1, -0.05) is 18.2 Å². The summed E-state index contributed by atoms with van der Waals surface area (Å²) in [5.74, 6) is 1.42. The molecule has 0 unspecified atom stereocenters. The van der Waals surface area contributed by atoms with Crippen LogP contribution in [0.3, 0.4) is 0 Å². The van der Waals surface area contributed by atoms with Gasteiger partial charge in [0.2, 0.25) is 0 Å². The Hall–Kier alpha value is -3.22. The second kappa shape index (κ2) is 9.95. The van der Waals surface area contributed by atoms with E-state index in [0.717, 1.165) is 73.2 Å². The zero-order chi connectivity index (χ0) is 23.5. The number of benzene rings is 2. The molecule has 1 aliphatic heterocycles. The third-order valence-electron chi connectivity index (χ3n) is 6.65. The molecule has 0 radical (unpaired) electrons. The fraction of sp³-hybridized carbons (Fsp3) is 0.357. The van der Waals surface area contributed by atoms with Gasteiger partial charge in [0.05, 0.1) is 18.7 Å². The van der Waals surface area contributed by atoms with E-state index in [9.17, 15) is 0 Å². The lowest BCUT2D eigenvalue weighted by Gasteiger charge is -2.26. The van der Waals surface area contributed by atoms with Crippen molar-refractivity contribution < 1.29 is 9.47 Å². The molecule has 1 fully saturated rings. The number of hydrogen-bond acceptors (Lipinski definition) is 6. The Morgan fingerprint density at radius 3 is 2.68 bits per heavy atom. The molecule has 0 amide bonds. The molecular formula is C28H32N4O2. The smallest absolute Gasteiger partial charge is 0.150 e. The number of nitrogens with zero attached hydrogens (tertiary/aromatic N) is 3. The van der Waals surface area contributed by atoms with Gasteiger partial charge in [-0.25, -0.2) is 4.98 Å². The molecule has 0 bridgehead atoms. The number of aryl methyl sites for hydroxylation is 4. The summed E-state index contributed by atoms with van der Waals surface area (Å²) in [7, 11) is 0. The van der Waals surface area contributed by atoms with E-state index in [1.54, 1.807) is 0 Å². The number of anilines is 1. The van der Waals surface area contributed by atoms with E-state index in [1.165, 1.54) is 22.3 Å². The summed E-state index contributed by atoms with van der Waals surface area (Å²) in [6.45, 7) is 9.48. The van der Waals surface area contributed by atoms with Crippen LogP contribution in [0, 0.1) is 13.8 Å². The van der Waals surface area contributed by atoms with Crippen molar-refractivity contribution in [3.63, 3.8) is 0 Å². The normalized spacial score (nSPS) is 14.6. The number of rotatable bonds is 7. The summed E-state index contributed by atoms with van der Waals surface area (Å²) in [5.41, 5.74) is 12.9. The number of nitrogen functional groups attached to an aromatic ring is 1. The zero-order valence-corrected chi connectivity index (χ0v) is 20.0. The van der Waals surface area contributed by atoms with Crippen molar-refractivity contribution in [1.29, 1.82) is 0 Å². The van der Waals surface area contributed by atoms with E-state index >= 15 is 0 Å². The highest BCUT2D eigenvalue weighted by atomic mass is 16.5. The topological polar surface area (TPSA) is 73.5 Å². The maximum Gasteiger partial charge on any atom is 0.150 e. The summed E-state index contributed by atoms with van der Waals surface area (Å²) in [6, 6.07) is 14.9. The Balaban J connectivity index is 1.26. The Morgan fingerprint density at radius 2 is 1.85 bits per heavy atom. The predicted octanol–water partition coefficient (Wildman–Crippen LogP) is 4.48. The van der Waals surface area contributed by atoms with Crippen LogP contribution in [-0.2, 0) is 17.6 Å². The average Bonchev–Trinajstić information content (AvgIpc) is 2.84. The number of hydrogen-bond donors (Lipinski definition) is 1. The monoisotopic (exact) mass is 456 g/mol. The lowest BCUT2D eigenvalue weighted by Crippen LogP contribution is -2.38. The molecule has 2 aromatic heterocycles. The molecule has 2 aromatic carbocycles. The van der Waals surface area contributed by atoms with Crippen molar-refractivity contribution in [3.8, 4) is 5.75 Å². The molecule has 1 aliphatic rings. The molecule has 0 saturated carbocycles. The first kappa shape index (κ1) is 22.6. The molecule has 176 valence electrons. The standard InChI is InChI=1S/C28H32N4O2/c1-19-3-8-24-25-17-21(18-30-27(25)28(29)31-26(24)15-19)4-5-22-6-7-23(16-20(22)2)34-14-11-32-9-12-33-13-10-32/h3,6-8,15-18H,4-5,9-14H2,1-2H3,(H2,29,31). The van der Waals surface area contributed by atoms with Crippen LogP contribution in [0.2, 0.25) is 0 Å².